The number of hydrogen-bond donors (Lipinski definition) is 1. The third-order valence-electron chi connectivity index (χ3n) is 4.36. The zero-order chi connectivity index (χ0) is 16.4. The van der Waals surface area contributed by atoms with Crippen LogP contribution < -0.4 is 14.8 Å². The summed E-state index contributed by atoms with van der Waals surface area (Å²) >= 11 is 0. The maximum Gasteiger partial charge on any atom is 0.231 e. The number of fused-ring (bicyclic) bond motifs is 1. The molecule has 0 atom stereocenters. The highest BCUT2D eigenvalue weighted by Gasteiger charge is 2.31. The van der Waals surface area contributed by atoms with Crippen molar-refractivity contribution in [1.82, 2.24) is 5.32 Å². The van der Waals surface area contributed by atoms with Gasteiger partial charge in [-0.2, -0.15) is 0 Å². The quantitative estimate of drug-likeness (QED) is 0.942. The lowest BCUT2D eigenvalue weighted by molar-refractivity contribution is -0.125. The summed E-state index contributed by atoms with van der Waals surface area (Å²) in [4.78, 5) is 12.7. The van der Waals surface area contributed by atoms with Crippen molar-refractivity contribution in [3.63, 3.8) is 0 Å². The lowest BCUT2D eigenvalue weighted by Gasteiger charge is -2.24. The second-order valence-corrected chi connectivity index (χ2v) is 6.30. The Kier molecular flexibility index (Phi) is 3.99. The fourth-order valence-electron chi connectivity index (χ4n) is 2.62. The van der Waals surface area contributed by atoms with Gasteiger partial charge in [-0.1, -0.05) is 30.3 Å². The predicted molar refractivity (Wildman–Crippen MR) is 88.6 cm³/mol. The average molecular weight is 311 g/mol. The molecule has 2 aromatic rings. The second-order valence-electron chi connectivity index (χ2n) is 6.30. The van der Waals surface area contributed by atoms with Gasteiger partial charge in [0.25, 0.3) is 0 Å². The van der Waals surface area contributed by atoms with Crippen molar-refractivity contribution in [2.24, 2.45) is 0 Å². The monoisotopic (exact) mass is 311 g/mol. The topological polar surface area (TPSA) is 47.6 Å². The Labute approximate surface area is 136 Å². The van der Waals surface area contributed by atoms with Gasteiger partial charge in [0.2, 0.25) is 12.7 Å². The number of carbonyl (C=O) groups is 1. The predicted octanol–water partition coefficient (Wildman–Crippen LogP) is 3.32. The number of benzene rings is 2. The number of hydrogen-bond acceptors (Lipinski definition) is 3. The summed E-state index contributed by atoms with van der Waals surface area (Å²) in [5, 5.41) is 3.04. The SMILES string of the molecule is Cc1ccccc1CNC(=O)C(C)(C)c1ccc2c(c1)OCO2. The van der Waals surface area contributed by atoms with Gasteiger partial charge in [-0.25, -0.2) is 0 Å². The Balaban J connectivity index is 1.74. The minimum Gasteiger partial charge on any atom is -0.454 e. The highest BCUT2D eigenvalue weighted by Crippen LogP contribution is 2.36. The smallest absolute Gasteiger partial charge is 0.231 e. The second kappa shape index (κ2) is 5.95. The third kappa shape index (κ3) is 3.02. The van der Waals surface area contributed by atoms with Crippen LogP contribution in [0.5, 0.6) is 11.5 Å². The van der Waals surface area contributed by atoms with Crippen molar-refractivity contribution in [3.8, 4) is 11.5 Å². The van der Waals surface area contributed by atoms with E-state index >= 15 is 0 Å². The number of nitrogens with one attached hydrogen (secondary N) is 1. The molecule has 4 heteroatoms. The first-order valence-electron chi connectivity index (χ1n) is 7.71. The van der Waals surface area contributed by atoms with E-state index in [1.165, 1.54) is 5.56 Å². The fourth-order valence-corrected chi connectivity index (χ4v) is 2.62. The van der Waals surface area contributed by atoms with Crippen LogP contribution in [0.25, 0.3) is 0 Å². The molecule has 0 aromatic heterocycles. The van der Waals surface area contributed by atoms with Gasteiger partial charge in [-0.05, 0) is 49.6 Å². The normalized spacial score (nSPS) is 13.0. The van der Waals surface area contributed by atoms with Crippen molar-refractivity contribution in [3.05, 3.63) is 59.2 Å². The van der Waals surface area contributed by atoms with Gasteiger partial charge < -0.3 is 14.8 Å². The zero-order valence-electron chi connectivity index (χ0n) is 13.7. The summed E-state index contributed by atoms with van der Waals surface area (Å²) in [5.74, 6) is 1.41. The number of amides is 1. The minimum atomic E-state index is -0.649. The Bertz CT molecular complexity index is 737. The van der Waals surface area contributed by atoms with Gasteiger partial charge >= 0.3 is 0 Å². The van der Waals surface area contributed by atoms with Crippen molar-refractivity contribution in [1.29, 1.82) is 0 Å². The molecule has 2 aromatic carbocycles. The third-order valence-corrected chi connectivity index (χ3v) is 4.36. The summed E-state index contributed by atoms with van der Waals surface area (Å²) in [6.45, 7) is 6.64. The molecule has 1 aliphatic heterocycles. The molecule has 1 N–H and O–H groups in total. The van der Waals surface area contributed by atoms with Crippen LogP contribution >= 0.6 is 0 Å². The lowest BCUT2D eigenvalue weighted by Crippen LogP contribution is -2.39. The Hall–Kier alpha value is -2.49. The molecule has 3 rings (SSSR count). The van der Waals surface area contributed by atoms with E-state index in [9.17, 15) is 4.79 Å². The van der Waals surface area contributed by atoms with Crippen LogP contribution in [0.2, 0.25) is 0 Å². The van der Waals surface area contributed by atoms with E-state index in [0.717, 1.165) is 16.9 Å². The number of ether oxygens (including phenoxy) is 2. The Morgan fingerprint density at radius 1 is 1.13 bits per heavy atom. The molecular formula is C19H21NO3. The number of carbonyl (C=O) groups excluding carboxylic acids is 1. The highest BCUT2D eigenvalue weighted by molar-refractivity contribution is 5.87. The molecule has 1 aliphatic rings. The number of aryl methyl sites for hydroxylation is 1. The maximum absolute atomic E-state index is 12.7. The van der Waals surface area contributed by atoms with Gasteiger partial charge in [0.15, 0.2) is 11.5 Å². The molecule has 0 fully saturated rings. The van der Waals surface area contributed by atoms with Crippen LogP contribution in [0.3, 0.4) is 0 Å². The molecule has 120 valence electrons. The molecule has 23 heavy (non-hydrogen) atoms. The van der Waals surface area contributed by atoms with Crippen molar-refractivity contribution in [2.75, 3.05) is 6.79 Å². The lowest BCUT2D eigenvalue weighted by atomic mass is 9.83. The molecule has 0 saturated carbocycles. The molecule has 1 amide bonds. The molecule has 4 nitrogen and oxygen atoms in total. The van der Waals surface area contributed by atoms with Gasteiger partial charge in [-0.3, -0.25) is 4.79 Å². The first-order valence-corrected chi connectivity index (χ1v) is 7.71. The van der Waals surface area contributed by atoms with Crippen molar-refractivity contribution < 1.29 is 14.3 Å². The van der Waals surface area contributed by atoms with Crippen molar-refractivity contribution in [2.45, 2.75) is 32.7 Å². The summed E-state index contributed by atoms with van der Waals surface area (Å²) in [6, 6.07) is 13.7. The fraction of sp³-hybridized carbons (Fsp3) is 0.316. The van der Waals surface area contributed by atoms with E-state index < -0.39 is 5.41 Å². The largest absolute Gasteiger partial charge is 0.454 e. The standard InChI is InChI=1S/C19H21NO3/c1-13-6-4-5-7-14(13)11-20-18(21)19(2,3)15-8-9-16-17(10-15)23-12-22-16/h4-10H,11-12H2,1-3H3,(H,20,21). The van der Waals surface area contributed by atoms with E-state index in [-0.39, 0.29) is 12.7 Å². The summed E-state index contributed by atoms with van der Waals surface area (Å²) in [6.07, 6.45) is 0. The van der Waals surface area contributed by atoms with Crippen LogP contribution in [-0.2, 0) is 16.8 Å². The van der Waals surface area contributed by atoms with E-state index in [0.29, 0.717) is 12.3 Å². The zero-order valence-corrected chi connectivity index (χ0v) is 13.7. The summed E-state index contributed by atoms with van der Waals surface area (Å²) < 4.78 is 10.7. The number of rotatable bonds is 4. The molecule has 0 bridgehead atoms. The Morgan fingerprint density at radius 3 is 2.65 bits per heavy atom. The van der Waals surface area contributed by atoms with Gasteiger partial charge in [0, 0.05) is 6.54 Å². The van der Waals surface area contributed by atoms with Crippen LogP contribution in [0.1, 0.15) is 30.5 Å². The molecule has 0 unspecified atom stereocenters. The minimum absolute atomic E-state index is 0.0142. The van der Waals surface area contributed by atoms with Crippen molar-refractivity contribution >= 4 is 5.91 Å². The van der Waals surface area contributed by atoms with E-state index in [1.807, 2.05) is 63.2 Å². The molecule has 0 aliphatic carbocycles. The molecular weight excluding hydrogens is 290 g/mol. The first-order chi connectivity index (χ1) is 11.0. The van der Waals surface area contributed by atoms with Crippen LogP contribution in [-0.4, -0.2) is 12.7 Å². The highest BCUT2D eigenvalue weighted by atomic mass is 16.7. The van der Waals surface area contributed by atoms with Gasteiger partial charge in [0.1, 0.15) is 0 Å². The van der Waals surface area contributed by atoms with Crippen LogP contribution in [0.4, 0.5) is 0 Å². The van der Waals surface area contributed by atoms with E-state index in [1.54, 1.807) is 0 Å². The molecule has 0 saturated heterocycles. The van der Waals surface area contributed by atoms with Gasteiger partial charge in [-0.15, -0.1) is 0 Å². The molecule has 1 heterocycles. The summed E-state index contributed by atoms with van der Waals surface area (Å²) in [5.41, 5.74) is 2.56. The molecule has 0 radical (unpaired) electrons. The Morgan fingerprint density at radius 2 is 1.87 bits per heavy atom. The molecule has 0 spiro atoms. The maximum atomic E-state index is 12.7. The van der Waals surface area contributed by atoms with Crippen LogP contribution in [0.15, 0.2) is 42.5 Å². The van der Waals surface area contributed by atoms with E-state index in [2.05, 4.69) is 5.32 Å². The average Bonchev–Trinajstić information content (AvgIpc) is 3.01. The van der Waals surface area contributed by atoms with Crippen LogP contribution in [0, 0.1) is 6.92 Å². The van der Waals surface area contributed by atoms with E-state index in [4.69, 9.17) is 9.47 Å². The first kappa shape index (κ1) is 15.4. The van der Waals surface area contributed by atoms with Gasteiger partial charge in [0.05, 0.1) is 5.41 Å². The summed E-state index contributed by atoms with van der Waals surface area (Å²) in [7, 11) is 0.